The van der Waals surface area contributed by atoms with Crippen LogP contribution in [0.3, 0.4) is 0 Å². The van der Waals surface area contributed by atoms with E-state index in [2.05, 4.69) is 25.8 Å². The summed E-state index contributed by atoms with van der Waals surface area (Å²) < 4.78 is 27.2. The standard InChI is InChI=1S/C27H21FN6O3S/c1-38(37)25-14-17(16-34(25)21-10-8-18(28)9-11-21)26(35)30-19-4-2-5-20(15-19)31-27(36)24-7-3-6-22(32-24)23-12-13-29-33-23/h2-16H,1H3,(H,29,33)(H,30,35)(H,31,36). The fourth-order valence-corrected chi connectivity index (χ4v) is 4.50. The van der Waals surface area contributed by atoms with E-state index in [1.54, 1.807) is 77.6 Å². The van der Waals surface area contributed by atoms with E-state index in [0.717, 1.165) is 0 Å². The van der Waals surface area contributed by atoms with Crippen LogP contribution in [-0.2, 0) is 10.8 Å². The van der Waals surface area contributed by atoms with Crippen molar-refractivity contribution in [3.05, 3.63) is 108 Å². The molecule has 3 N–H and O–H groups in total. The lowest BCUT2D eigenvalue weighted by Crippen LogP contribution is -2.15. The van der Waals surface area contributed by atoms with Gasteiger partial charge in [0.15, 0.2) is 0 Å². The summed E-state index contributed by atoms with van der Waals surface area (Å²) in [5, 5.41) is 12.7. The van der Waals surface area contributed by atoms with Crippen LogP contribution in [0, 0.1) is 5.82 Å². The molecule has 0 radical (unpaired) electrons. The average molecular weight is 529 g/mol. The van der Waals surface area contributed by atoms with Crippen LogP contribution in [0.5, 0.6) is 0 Å². The number of amides is 2. The molecule has 0 aliphatic heterocycles. The van der Waals surface area contributed by atoms with E-state index in [9.17, 15) is 18.2 Å². The van der Waals surface area contributed by atoms with Crippen molar-refractivity contribution in [3.63, 3.8) is 0 Å². The number of carbonyl (C=O) groups excluding carboxylic acids is 2. The number of pyridine rings is 1. The zero-order chi connectivity index (χ0) is 26.6. The summed E-state index contributed by atoms with van der Waals surface area (Å²) in [5.41, 5.74) is 3.23. The lowest BCUT2D eigenvalue weighted by Gasteiger charge is -2.09. The third kappa shape index (κ3) is 5.42. The van der Waals surface area contributed by atoms with Gasteiger partial charge in [0.2, 0.25) is 0 Å². The number of rotatable bonds is 7. The van der Waals surface area contributed by atoms with Gasteiger partial charge in [-0.25, -0.2) is 9.37 Å². The first-order chi connectivity index (χ1) is 18.4. The van der Waals surface area contributed by atoms with Crippen LogP contribution in [-0.4, -0.2) is 42.0 Å². The van der Waals surface area contributed by atoms with Gasteiger partial charge in [-0.15, -0.1) is 0 Å². The van der Waals surface area contributed by atoms with Gasteiger partial charge in [0.05, 0.1) is 27.8 Å². The summed E-state index contributed by atoms with van der Waals surface area (Å²) in [4.78, 5) is 30.2. The molecule has 0 fully saturated rings. The topological polar surface area (TPSA) is 122 Å². The van der Waals surface area contributed by atoms with E-state index in [1.165, 1.54) is 24.5 Å². The van der Waals surface area contributed by atoms with Crippen molar-refractivity contribution in [2.24, 2.45) is 0 Å². The number of halogens is 1. The van der Waals surface area contributed by atoms with Crippen LogP contribution in [0.2, 0.25) is 0 Å². The molecule has 190 valence electrons. The van der Waals surface area contributed by atoms with Crippen LogP contribution in [0.25, 0.3) is 17.1 Å². The van der Waals surface area contributed by atoms with Crippen LogP contribution in [0.1, 0.15) is 20.8 Å². The van der Waals surface area contributed by atoms with Crippen LogP contribution >= 0.6 is 0 Å². The Morgan fingerprint density at radius 2 is 1.63 bits per heavy atom. The molecule has 1 unspecified atom stereocenters. The van der Waals surface area contributed by atoms with Crippen molar-refractivity contribution in [2.45, 2.75) is 5.03 Å². The molecule has 0 aliphatic rings. The molecular weight excluding hydrogens is 507 g/mol. The molecule has 0 saturated carbocycles. The van der Waals surface area contributed by atoms with E-state index in [0.29, 0.717) is 33.5 Å². The molecule has 0 aliphatic carbocycles. The highest BCUT2D eigenvalue weighted by molar-refractivity contribution is 7.84. The van der Waals surface area contributed by atoms with Crippen molar-refractivity contribution in [2.75, 3.05) is 16.9 Å². The third-order valence-electron chi connectivity index (χ3n) is 5.58. The van der Waals surface area contributed by atoms with Crippen LogP contribution in [0.4, 0.5) is 15.8 Å². The van der Waals surface area contributed by atoms with Gasteiger partial charge in [-0.3, -0.25) is 18.9 Å². The van der Waals surface area contributed by atoms with Gasteiger partial charge in [-0.2, -0.15) is 5.10 Å². The van der Waals surface area contributed by atoms with Crippen LogP contribution in [0.15, 0.2) is 96.3 Å². The molecular formula is C27H21FN6O3S. The summed E-state index contributed by atoms with van der Waals surface area (Å²) in [6, 6.07) is 20.7. The number of benzene rings is 2. The highest BCUT2D eigenvalue weighted by atomic mass is 32.2. The van der Waals surface area contributed by atoms with Crippen LogP contribution < -0.4 is 10.6 Å². The summed E-state index contributed by atoms with van der Waals surface area (Å²) >= 11 is 0. The molecule has 5 rings (SSSR count). The maximum absolute atomic E-state index is 13.4. The number of aromatic amines is 1. The van der Waals surface area contributed by atoms with E-state index in [4.69, 9.17) is 0 Å². The second kappa shape index (κ2) is 10.6. The van der Waals surface area contributed by atoms with Crippen molar-refractivity contribution in [1.82, 2.24) is 19.7 Å². The zero-order valence-electron chi connectivity index (χ0n) is 20.0. The van der Waals surface area contributed by atoms with E-state index < -0.39 is 28.4 Å². The van der Waals surface area contributed by atoms with E-state index >= 15 is 0 Å². The van der Waals surface area contributed by atoms with Gasteiger partial charge in [0, 0.05) is 35.7 Å². The number of anilines is 2. The summed E-state index contributed by atoms with van der Waals surface area (Å²) in [6.45, 7) is 0. The molecule has 38 heavy (non-hydrogen) atoms. The molecule has 1 atom stereocenters. The first kappa shape index (κ1) is 24.8. The predicted octanol–water partition coefficient (Wildman–Crippen LogP) is 4.64. The fraction of sp³-hybridized carbons (Fsp3) is 0.0370. The number of hydrogen-bond donors (Lipinski definition) is 3. The molecule has 9 nitrogen and oxygen atoms in total. The minimum Gasteiger partial charge on any atom is -0.322 e. The Kier molecular flexibility index (Phi) is 6.92. The molecule has 3 heterocycles. The van der Waals surface area contributed by atoms with Crippen molar-refractivity contribution in [1.29, 1.82) is 0 Å². The lowest BCUT2D eigenvalue weighted by atomic mass is 10.2. The second-order valence-corrected chi connectivity index (χ2v) is 9.56. The number of carbonyl (C=O) groups is 2. The minimum absolute atomic E-state index is 0.216. The Hall–Kier alpha value is -4.90. The first-order valence-electron chi connectivity index (χ1n) is 11.4. The monoisotopic (exact) mass is 528 g/mol. The Bertz CT molecular complexity index is 1650. The SMILES string of the molecule is CS(=O)c1cc(C(=O)Nc2cccc(NC(=O)c3cccc(-c4ccn[nH]4)n3)c2)cn1-c1ccc(F)cc1. The van der Waals surface area contributed by atoms with E-state index in [1.807, 2.05) is 0 Å². The summed E-state index contributed by atoms with van der Waals surface area (Å²) in [6.07, 6.45) is 4.65. The normalized spacial score (nSPS) is 11.6. The number of H-pyrrole nitrogens is 1. The van der Waals surface area contributed by atoms with Gasteiger partial charge in [-0.1, -0.05) is 12.1 Å². The summed E-state index contributed by atoms with van der Waals surface area (Å²) in [5.74, 6) is -1.25. The molecule has 0 spiro atoms. The third-order valence-corrected chi connectivity index (χ3v) is 6.49. The quantitative estimate of drug-likeness (QED) is 0.284. The van der Waals surface area contributed by atoms with E-state index in [-0.39, 0.29) is 11.3 Å². The highest BCUT2D eigenvalue weighted by Crippen LogP contribution is 2.22. The summed E-state index contributed by atoms with van der Waals surface area (Å²) in [7, 11) is -1.40. The number of aromatic nitrogens is 4. The molecule has 3 aromatic heterocycles. The van der Waals surface area contributed by atoms with Gasteiger partial charge < -0.3 is 15.2 Å². The Morgan fingerprint density at radius 3 is 2.32 bits per heavy atom. The van der Waals surface area contributed by atoms with Crippen molar-refractivity contribution >= 4 is 34.0 Å². The number of nitrogens with one attached hydrogen (secondary N) is 3. The molecule has 2 amide bonds. The van der Waals surface area contributed by atoms with Gasteiger partial charge >= 0.3 is 0 Å². The molecule has 11 heteroatoms. The van der Waals surface area contributed by atoms with Crippen molar-refractivity contribution < 1.29 is 18.2 Å². The van der Waals surface area contributed by atoms with Gasteiger partial charge in [0.25, 0.3) is 11.8 Å². The largest absolute Gasteiger partial charge is 0.322 e. The zero-order valence-corrected chi connectivity index (χ0v) is 20.8. The number of nitrogens with zero attached hydrogens (tertiary/aromatic N) is 3. The molecule has 0 bridgehead atoms. The Labute approximate surface area is 219 Å². The highest BCUT2D eigenvalue weighted by Gasteiger charge is 2.17. The molecule has 5 aromatic rings. The fourth-order valence-electron chi connectivity index (χ4n) is 3.77. The molecule has 0 saturated heterocycles. The van der Waals surface area contributed by atoms with Gasteiger partial charge in [0.1, 0.15) is 16.5 Å². The molecule has 2 aromatic carbocycles. The maximum atomic E-state index is 13.4. The smallest absolute Gasteiger partial charge is 0.274 e. The second-order valence-electron chi connectivity index (χ2n) is 8.23. The maximum Gasteiger partial charge on any atom is 0.274 e. The average Bonchev–Trinajstić information content (AvgIpc) is 3.61. The predicted molar refractivity (Wildman–Crippen MR) is 142 cm³/mol. The lowest BCUT2D eigenvalue weighted by molar-refractivity contribution is 0.101. The van der Waals surface area contributed by atoms with Gasteiger partial charge in [-0.05, 0) is 66.7 Å². The Balaban J connectivity index is 1.32. The van der Waals surface area contributed by atoms with Crippen molar-refractivity contribution in [3.8, 4) is 17.1 Å². The minimum atomic E-state index is -1.40. The number of hydrogen-bond acceptors (Lipinski definition) is 5. The Morgan fingerprint density at radius 1 is 0.921 bits per heavy atom. The first-order valence-corrected chi connectivity index (χ1v) is 12.9.